The van der Waals surface area contributed by atoms with Gasteiger partial charge in [-0.1, -0.05) is 56.5 Å². The number of nitrogens with two attached hydrogens (primary N) is 1. The highest BCUT2D eigenvalue weighted by atomic mass is 16.1. The Bertz CT molecular complexity index is 771. The molecule has 1 heterocycles. The van der Waals surface area contributed by atoms with E-state index in [1.165, 1.54) is 25.5 Å². The minimum Gasteiger partial charge on any atom is -0.368 e. The molecule has 1 fully saturated rings. The number of hydrogen-bond acceptors (Lipinski definition) is 5. The van der Waals surface area contributed by atoms with E-state index in [0.29, 0.717) is 17.8 Å². The number of hydrogen-bond donors (Lipinski definition) is 2. The smallest absolute Gasteiger partial charge is 0.255 e. The second-order valence-corrected chi connectivity index (χ2v) is 7.34. The van der Waals surface area contributed by atoms with Crippen molar-refractivity contribution in [2.45, 2.75) is 44.6 Å². The molecule has 0 unspecified atom stereocenters. The summed E-state index contributed by atoms with van der Waals surface area (Å²) in [5.41, 5.74) is 7.69. The molecule has 1 aromatic heterocycles. The minimum absolute atomic E-state index is 0.0320. The van der Waals surface area contributed by atoms with E-state index in [0.717, 1.165) is 24.9 Å². The molecule has 144 valence electrons. The monoisotopic (exact) mass is 367 g/mol. The van der Waals surface area contributed by atoms with Crippen LogP contribution >= 0.6 is 0 Å². The van der Waals surface area contributed by atoms with Crippen LogP contribution in [-0.4, -0.2) is 46.5 Å². The van der Waals surface area contributed by atoms with Crippen LogP contribution in [0.5, 0.6) is 0 Å². The number of nitrogens with zero attached hydrogens (tertiary/aromatic N) is 3. The number of likely N-dealkylation sites (N-methyl/N-ethyl adjacent to an activating group) is 1. The molecule has 1 aliphatic rings. The van der Waals surface area contributed by atoms with Crippen LogP contribution in [0.1, 0.15) is 49.4 Å². The summed E-state index contributed by atoms with van der Waals surface area (Å²) in [6, 6.07) is 9.62. The standard InChI is InChI=1S/C21H29N5O/c1-3-26(2)21(12-8-5-9-13-21)15-24-19(27)17-14-23-20(22)25-18(17)16-10-6-4-7-11-16/h4,6-7,10-11,14H,3,5,8-9,12-13,15H2,1-2H3,(H,24,27)(H2,22,23,25). The van der Waals surface area contributed by atoms with Crippen molar-refractivity contribution < 1.29 is 4.79 Å². The van der Waals surface area contributed by atoms with Crippen molar-refractivity contribution in [2.75, 3.05) is 25.9 Å². The number of aromatic nitrogens is 2. The maximum Gasteiger partial charge on any atom is 0.255 e. The van der Waals surface area contributed by atoms with E-state index in [-0.39, 0.29) is 17.4 Å². The summed E-state index contributed by atoms with van der Waals surface area (Å²) >= 11 is 0. The SMILES string of the molecule is CCN(C)C1(CNC(=O)c2cnc(N)nc2-c2ccccc2)CCCCC1. The first-order valence-electron chi connectivity index (χ1n) is 9.73. The van der Waals surface area contributed by atoms with Crippen LogP contribution in [0.2, 0.25) is 0 Å². The molecule has 0 saturated heterocycles. The summed E-state index contributed by atoms with van der Waals surface area (Å²) in [6.45, 7) is 3.77. The Morgan fingerprint density at radius 1 is 1.22 bits per heavy atom. The molecule has 1 aliphatic carbocycles. The molecule has 1 aromatic carbocycles. The van der Waals surface area contributed by atoms with Crippen molar-refractivity contribution in [1.29, 1.82) is 0 Å². The van der Waals surface area contributed by atoms with Gasteiger partial charge in [0.1, 0.15) is 0 Å². The zero-order valence-electron chi connectivity index (χ0n) is 16.2. The molecule has 2 aromatic rings. The summed E-state index contributed by atoms with van der Waals surface area (Å²) in [7, 11) is 2.15. The fourth-order valence-corrected chi connectivity index (χ4v) is 3.96. The molecular weight excluding hydrogens is 338 g/mol. The van der Waals surface area contributed by atoms with Crippen molar-refractivity contribution in [3.63, 3.8) is 0 Å². The third kappa shape index (κ3) is 4.27. The molecule has 27 heavy (non-hydrogen) atoms. The number of benzene rings is 1. The highest BCUT2D eigenvalue weighted by Crippen LogP contribution is 2.32. The van der Waals surface area contributed by atoms with Gasteiger partial charge in [-0.2, -0.15) is 0 Å². The van der Waals surface area contributed by atoms with E-state index in [4.69, 9.17) is 5.73 Å². The molecular formula is C21H29N5O. The highest BCUT2D eigenvalue weighted by Gasteiger charge is 2.35. The van der Waals surface area contributed by atoms with Gasteiger partial charge in [0.25, 0.3) is 5.91 Å². The predicted octanol–water partition coefficient (Wildman–Crippen LogP) is 3.11. The minimum atomic E-state index is -0.150. The van der Waals surface area contributed by atoms with Crippen molar-refractivity contribution in [1.82, 2.24) is 20.2 Å². The van der Waals surface area contributed by atoms with E-state index in [9.17, 15) is 4.79 Å². The normalized spacial score (nSPS) is 16.3. The fraction of sp³-hybridized carbons (Fsp3) is 0.476. The maximum atomic E-state index is 13.0. The van der Waals surface area contributed by atoms with Crippen molar-refractivity contribution in [2.24, 2.45) is 0 Å². The van der Waals surface area contributed by atoms with Gasteiger partial charge in [0.15, 0.2) is 0 Å². The van der Waals surface area contributed by atoms with Crippen LogP contribution in [0.25, 0.3) is 11.3 Å². The van der Waals surface area contributed by atoms with Crippen molar-refractivity contribution in [3.8, 4) is 11.3 Å². The second-order valence-electron chi connectivity index (χ2n) is 7.34. The number of anilines is 1. The Morgan fingerprint density at radius 3 is 2.59 bits per heavy atom. The lowest BCUT2D eigenvalue weighted by Gasteiger charge is -2.44. The third-order valence-electron chi connectivity index (χ3n) is 5.75. The Labute approximate surface area is 161 Å². The average Bonchev–Trinajstić information content (AvgIpc) is 2.72. The van der Waals surface area contributed by atoms with Crippen LogP contribution in [0.4, 0.5) is 5.95 Å². The number of nitrogens with one attached hydrogen (secondary N) is 1. The zero-order valence-corrected chi connectivity index (χ0v) is 16.2. The van der Waals surface area contributed by atoms with Crippen LogP contribution < -0.4 is 11.1 Å². The molecule has 0 atom stereocenters. The molecule has 3 rings (SSSR count). The van der Waals surface area contributed by atoms with Crippen molar-refractivity contribution >= 4 is 11.9 Å². The first-order valence-corrected chi connectivity index (χ1v) is 9.73. The highest BCUT2D eigenvalue weighted by molar-refractivity contribution is 5.99. The molecule has 6 nitrogen and oxygen atoms in total. The van der Waals surface area contributed by atoms with Crippen molar-refractivity contribution in [3.05, 3.63) is 42.1 Å². The lowest BCUT2D eigenvalue weighted by Crippen LogP contribution is -2.55. The maximum absolute atomic E-state index is 13.0. The summed E-state index contributed by atoms with van der Waals surface area (Å²) < 4.78 is 0. The van der Waals surface area contributed by atoms with Gasteiger partial charge in [-0.05, 0) is 26.4 Å². The van der Waals surface area contributed by atoms with E-state index in [2.05, 4.69) is 34.2 Å². The first-order chi connectivity index (χ1) is 13.1. The summed E-state index contributed by atoms with van der Waals surface area (Å²) in [4.78, 5) is 23.7. The Kier molecular flexibility index (Phi) is 6.06. The van der Waals surface area contributed by atoms with E-state index < -0.39 is 0 Å². The van der Waals surface area contributed by atoms with E-state index >= 15 is 0 Å². The van der Waals surface area contributed by atoms with Gasteiger partial charge in [-0.25, -0.2) is 9.97 Å². The van der Waals surface area contributed by atoms with Gasteiger partial charge in [0, 0.05) is 23.8 Å². The summed E-state index contributed by atoms with van der Waals surface area (Å²) in [5, 5.41) is 3.15. The number of rotatable bonds is 6. The lowest BCUT2D eigenvalue weighted by molar-refractivity contribution is 0.0699. The number of amides is 1. The van der Waals surface area contributed by atoms with Crippen LogP contribution in [-0.2, 0) is 0 Å². The Morgan fingerprint density at radius 2 is 1.93 bits per heavy atom. The molecule has 6 heteroatoms. The molecule has 0 radical (unpaired) electrons. The molecule has 0 spiro atoms. The Balaban J connectivity index is 1.82. The molecule has 1 saturated carbocycles. The molecule has 0 aliphatic heterocycles. The third-order valence-corrected chi connectivity index (χ3v) is 5.75. The van der Waals surface area contributed by atoms with Crippen LogP contribution in [0, 0.1) is 0 Å². The van der Waals surface area contributed by atoms with Gasteiger partial charge in [-0.3, -0.25) is 9.69 Å². The number of nitrogen functional groups attached to an aromatic ring is 1. The predicted molar refractivity (Wildman–Crippen MR) is 108 cm³/mol. The summed E-state index contributed by atoms with van der Waals surface area (Å²) in [5.74, 6) is 0.0168. The number of carbonyl (C=O) groups excluding carboxylic acids is 1. The fourth-order valence-electron chi connectivity index (χ4n) is 3.96. The van der Waals surface area contributed by atoms with Crippen LogP contribution in [0.15, 0.2) is 36.5 Å². The lowest BCUT2D eigenvalue weighted by atomic mass is 9.80. The van der Waals surface area contributed by atoms with E-state index in [1.807, 2.05) is 30.3 Å². The van der Waals surface area contributed by atoms with Gasteiger partial charge in [-0.15, -0.1) is 0 Å². The van der Waals surface area contributed by atoms with Crippen LogP contribution in [0.3, 0.4) is 0 Å². The van der Waals surface area contributed by atoms with Gasteiger partial charge < -0.3 is 11.1 Å². The van der Waals surface area contributed by atoms with Gasteiger partial charge in [0.05, 0.1) is 11.3 Å². The van der Waals surface area contributed by atoms with Gasteiger partial charge in [0.2, 0.25) is 5.95 Å². The Hall–Kier alpha value is -2.47. The molecule has 0 bridgehead atoms. The summed E-state index contributed by atoms with van der Waals surface area (Å²) in [6.07, 6.45) is 7.44. The molecule has 3 N–H and O–H groups in total. The average molecular weight is 367 g/mol. The quantitative estimate of drug-likeness (QED) is 0.819. The molecule has 1 amide bonds. The number of carbonyl (C=O) groups is 1. The van der Waals surface area contributed by atoms with E-state index in [1.54, 1.807) is 0 Å². The topological polar surface area (TPSA) is 84.1 Å². The van der Waals surface area contributed by atoms with Gasteiger partial charge >= 0.3 is 0 Å². The first kappa shape index (κ1) is 19.3. The second kappa shape index (κ2) is 8.48. The largest absolute Gasteiger partial charge is 0.368 e. The zero-order chi connectivity index (χ0) is 19.3.